The second-order valence-electron chi connectivity index (χ2n) is 28.7. The van der Waals surface area contributed by atoms with Gasteiger partial charge in [0.05, 0.1) is 40.3 Å². The molecule has 0 rings (SSSR count). The fourth-order valence-corrected chi connectivity index (χ4v) is 12.4. The second kappa shape index (κ2) is 71.9. The molecule has 9 nitrogen and oxygen atoms in total. The smallest absolute Gasteiger partial charge is 0.306 e. The molecule has 0 N–H and O–H groups in total. The highest BCUT2D eigenvalue weighted by Crippen LogP contribution is 2.20. The van der Waals surface area contributed by atoms with Crippen LogP contribution in [0.15, 0.2) is 12.2 Å². The third-order valence-electron chi connectivity index (χ3n) is 18.5. The van der Waals surface area contributed by atoms with Gasteiger partial charge in [-0.25, -0.2) is 0 Å². The van der Waals surface area contributed by atoms with E-state index in [0.29, 0.717) is 17.4 Å². The van der Waals surface area contributed by atoms with Crippen molar-refractivity contribution in [2.75, 3.05) is 47.5 Å². The number of unbranched alkanes of at least 4 members (excludes halogenated alkanes) is 59. The van der Waals surface area contributed by atoms with Crippen LogP contribution in [0.2, 0.25) is 0 Å². The summed E-state index contributed by atoms with van der Waals surface area (Å²) >= 11 is 0. The molecule has 528 valence electrons. The van der Waals surface area contributed by atoms with Crippen molar-refractivity contribution < 1.29 is 42.9 Å². The number of carboxylic acids is 1. The van der Waals surface area contributed by atoms with Crippen molar-refractivity contribution in [1.29, 1.82) is 0 Å². The fourth-order valence-electron chi connectivity index (χ4n) is 12.4. The summed E-state index contributed by atoms with van der Waals surface area (Å²) in [5.41, 5.74) is 0. The molecule has 0 radical (unpaired) electrons. The first kappa shape index (κ1) is 87.0. The first-order valence-corrected chi connectivity index (χ1v) is 39.8. The lowest BCUT2D eigenvalue weighted by Crippen LogP contribution is -2.44. The van der Waals surface area contributed by atoms with Gasteiger partial charge in [-0.3, -0.25) is 9.59 Å². The van der Waals surface area contributed by atoms with Gasteiger partial charge in [-0.05, 0) is 38.5 Å². The van der Waals surface area contributed by atoms with Crippen LogP contribution in [0.4, 0.5) is 0 Å². The van der Waals surface area contributed by atoms with E-state index < -0.39 is 24.3 Å². The number of quaternary nitrogens is 1. The predicted molar refractivity (Wildman–Crippen MR) is 380 cm³/mol. The van der Waals surface area contributed by atoms with Crippen molar-refractivity contribution in [3.05, 3.63) is 12.2 Å². The van der Waals surface area contributed by atoms with Gasteiger partial charge in [-0.15, -0.1) is 0 Å². The van der Waals surface area contributed by atoms with Crippen LogP contribution in [0.5, 0.6) is 0 Å². The van der Waals surface area contributed by atoms with E-state index in [0.717, 1.165) is 38.5 Å². The Kier molecular flexibility index (Phi) is 70.3. The molecular weight excluding hydrogens is 1100 g/mol. The van der Waals surface area contributed by atoms with Crippen LogP contribution in [-0.4, -0.2) is 82.3 Å². The zero-order chi connectivity index (χ0) is 64.7. The Hall–Kier alpha value is -1.97. The summed E-state index contributed by atoms with van der Waals surface area (Å²) in [6.07, 6.45) is 86.3. The van der Waals surface area contributed by atoms with Crippen molar-refractivity contribution in [3.63, 3.8) is 0 Å². The van der Waals surface area contributed by atoms with Gasteiger partial charge in [-0.1, -0.05) is 386 Å². The molecule has 9 heteroatoms. The number of carboxylic acid groups (broad SMARTS) is 1. The Morgan fingerprint density at radius 1 is 0.326 bits per heavy atom. The molecule has 0 aliphatic rings. The van der Waals surface area contributed by atoms with E-state index in [1.165, 1.54) is 360 Å². The van der Waals surface area contributed by atoms with E-state index in [2.05, 4.69) is 26.0 Å². The van der Waals surface area contributed by atoms with Crippen molar-refractivity contribution in [2.45, 2.75) is 437 Å². The highest BCUT2D eigenvalue weighted by Gasteiger charge is 2.22. The zero-order valence-corrected chi connectivity index (χ0v) is 60.6. The molecule has 0 aliphatic heterocycles. The van der Waals surface area contributed by atoms with Crippen LogP contribution < -0.4 is 5.11 Å². The number of allylic oxidation sites excluding steroid dienone is 2. The number of hydrogen-bond acceptors (Lipinski definition) is 8. The van der Waals surface area contributed by atoms with E-state index in [-0.39, 0.29) is 32.2 Å². The van der Waals surface area contributed by atoms with Crippen LogP contribution in [0, 0.1) is 0 Å². The third kappa shape index (κ3) is 73.3. The molecule has 2 unspecified atom stereocenters. The Balaban J connectivity index is 3.94. The van der Waals surface area contributed by atoms with Gasteiger partial charge in [-0.2, -0.15) is 0 Å². The first-order valence-electron chi connectivity index (χ1n) is 39.8. The first-order chi connectivity index (χ1) is 43.6. The standard InChI is InChI=1S/C80H155NO8/c1-6-8-10-12-14-16-18-20-22-24-26-28-30-32-34-35-36-37-38-39-40-41-42-43-45-46-48-50-52-54-56-58-60-62-64-66-68-70-77(82)87-74-76(75-88-80(79(84)85)86-73-72-81(3,4)5)89-78(83)71-69-67-65-63-61-59-57-55-53-51-49-47-44-33-31-29-27-25-23-21-19-17-15-13-11-9-7-2/h25,27,76,80H,6-24,26,28-75H2,1-5H3/b27-25-. The fraction of sp³-hybridized carbons (Fsp3) is 0.938. The molecule has 0 spiro atoms. The number of rotatable bonds is 76. The minimum Gasteiger partial charge on any atom is -0.545 e. The molecule has 0 aromatic carbocycles. The monoisotopic (exact) mass is 1260 g/mol. The van der Waals surface area contributed by atoms with Gasteiger partial charge in [0, 0.05) is 12.8 Å². The average Bonchev–Trinajstić information content (AvgIpc) is 3.64. The lowest BCUT2D eigenvalue weighted by molar-refractivity contribution is -0.870. The lowest BCUT2D eigenvalue weighted by Gasteiger charge is -2.26. The molecule has 0 aliphatic carbocycles. The minimum atomic E-state index is -1.62. The van der Waals surface area contributed by atoms with Crippen molar-refractivity contribution in [3.8, 4) is 0 Å². The normalized spacial score (nSPS) is 12.6. The summed E-state index contributed by atoms with van der Waals surface area (Å²) in [5.74, 6) is -2.24. The van der Waals surface area contributed by atoms with E-state index in [4.69, 9.17) is 18.9 Å². The summed E-state index contributed by atoms with van der Waals surface area (Å²) in [6.45, 7) is 4.84. The summed E-state index contributed by atoms with van der Waals surface area (Å²) in [6, 6.07) is 0. The topological polar surface area (TPSA) is 111 Å². The maximum absolute atomic E-state index is 13.0. The van der Waals surface area contributed by atoms with Gasteiger partial charge in [0.2, 0.25) is 0 Å². The highest BCUT2D eigenvalue weighted by molar-refractivity contribution is 5.70. The van der Waals surface area contributed by atoms with E-state index in [1.54, 1.807) is 0 Å². The largest absolute Gasteiger partial charge is 0.545 e. The summed E-state index contributed by atoms with van der Waals surface area (Å²) in [7, 11) is 5.95. The van der Waals surface area contributed by atoms with E-state index >= 15 is 0 Å². The van der Waals surface area contributed by atoms with Crippen molar-refractivity contribution in [2.24, 2.45) is 0 Å². The SMILES string of the molecule is CCCCCCCCCC/C=C\CCCCCCCCCCCCCCCCCC(=O)OC(COC(=O)CCCCCCCCCCCCCCCCCCCCCCCCCCCCCCCCCCCCCCC)COC(OCC[N+](C)(C)C)C(=O)[O-]. The molecule has 0 bridgehead atoms. The van der Waals surface area contributed by atoms with Crippen LogP contribution in [0.1, 0.15) is 425 Å². The molecule has 89 heavy (non-hydrogen) atoms. The number of esters is 2. The third-order valence-corrected chi connectivity index (χ3v) is 18.5. The zero-order valence-electron chi connectivity index (χ0n) is 60.6. The van der Waals surface area contributed by atoms with Crippen molar-refractivity contribution >= 4 is 17.9 Å². The number of nitrogens with zero attached hydrogens (tertiary/aromatic N) is 1. The molecule has 0 amide bonds. The molecule has 0 saturated carbocycles. The number of aliphatic carboxylic acids is 1. The predicted octanol–water partition coefficient (Wildman–Crippen LogP) is 23.8. The Bertz CT molecular complexity index is 1460. The number of carbonyl (C=O) groups excluding carboxylic acids is 3. The Morgan fingerprint density at radius 2 is 0.573 bits per heavy atom. The van der Waals surface area contributed by atoms with Crippen molar-refractivity contribution in [1.82, 2.24) is 0 Å². The van der Waals surface area contributed by atoms with E-state index in [9.17, 15) is 19.5 Å². The Morgan fingerprint density at radius 3 is 0.831 bits per heavy atom. The highest BCUT2D eigenvalue weighted by atomic mass is 16.7. The number of hydrogen-bond donors (Lipinski definition) is 0. The molecule has 0 heterocycles. The Labute approximate surface area is 555 Å². The molecule has 0 aromatic rings. The minimum absolute atomic E-state index is 0.152. The van der Waals surface area contributed by atoms with E-state index in [1.807, 2.05) is 21.1 Å². The second-order valence-corrected chi connectivity index (χ2v) is 28.7. The van der Waals surface area contributed by atoms with Gasteiger partial charge < -0.3 is 33.3 Å². The molecular formula is C80H155NO8. The molecule has 0 saturated heterocycles. The maximum Gasteiger partial charge on any atom is 0.306 e. The summed E-state index contributed by atoms with van der Waals surface area (Å²) in [4.78, 5) is 37.6. The molecule has 0 fully saturated rings. The van der Waals surface area contributed by atoms with Gasteiger partial charge in [0.15, 0.2) is 12.4 Å². The molecule has 2 atom stereocenters. The number of likely N-dealkylation sites (N-methyl/N-ethyl adjacent to an activating group) is 1. The van der Waals surface area contributed by atoms with Crippen LogP contribution in [0.25, 0.3) is 0 Å². The van der Waals surface area contributed by atoms with Gasteiger partial charge >= 0.3 is 11.9 Å². The summed E-state index contributed by atoms with van der Waals surface area (Å²) < 4.78 is 22.9. The average molecular weight is 1260 g/mol. The molecule has 0 aromatic heterocycles. The van der Waals surface area contributed by atoms with Crippen LogP contribution >= 0.6 is 0 Å². The number of ether oxygens (including phenoxy) is 4. The number of carbonyl (C=O) groups is 3. The summed E-state index contributed by atoms with van der Waals surface area (Å²) in [5, 5.41) is 11.8. The maximum atomic E-state index is 13.0. The quantitative estimate of drug-likeness (QED) is 0.0195. The van der Waals surface area contributed by atoms with Gasteiger partial charge in [0.25, 0.3) is 0 Å². The van der Waals surface area contributed by atoms with Crippen LogP contribution in [0.3, 0.4) is 0 Å². The van der Waals surface area contributed by atoms with Gasteiger partial charge in [0.1, 0.15) is 13.2 Å². The lowest BCUT2D eigenvalue weighted by atomic mass is 10.0. The van der Waals surface area contributed by atoms with Crippen LogP contribution in [-0.2, 0) is 33.3 Å².